The summed E-state index contributed by atoms with van der Waals surface area (Å²) in [5.41, 5.74) is 5.01. The zero-order valence-electron chi connectivity index (χ0n) is 24.1. The van der Waals surface area contributed by atoms with E-state index in [9.17, 15) is 0 Å². The Morgan fingerprint density at radius 2 is 1.44 bits per heavy atom. The first-order chi connectivity index (χ1) is 13.0. The molecule has 4 radical (unpaired) electrons. The fraction of sp³-hybridized carbons (Fsp3) is 0.552. The summed E-state index contributed by atoms with van der Waals surface area (Å²) in [6.45, 7) is 25.2. The number of allylic oxidation sites excluding steroid dienone is 4. The molecule has 0 aromatic heterocycles. The molecule has 32 heavy (non-hydrogen) atoms. The Hall–Kier alpha value is 0.323. The topological polar surface area (TPSA) is 0 Å². The summed E-state index contributed by atoms with van der Waals surface area (Å²) < 4.78 is 0. The minimum absolute atomic E-state index is 0. The molecular formula is C29H53BVY. The van der Waals surface area contributed by atoms with Crippen molar-refractivity contribution in [2.24, 2.45) is 11.8 Å². The van der Waals surface area contributed by atoms with E-state index in [0.29, 0.717) is 0 Å². The van der Waals surface area contributed by atoms with Gasteiger partial charge < -0.3 is 32.6 Å². The molecule has 0 nitrogen and oxygen atoms in total. The van der Waals surface area contributed by atoms with E-state index < -0.39 is 0 Å². The van der Waals surface area contributed by atoms with Gasteiger partial charge in [-0.2, -0.15) is 18.2 Å². The molecule has 1 aliphatic rings. The first kappa shape index (κ1) is 53.6. The van der Waals surface area contributed by atoms with Crippen molar-refractivity contribution >= 4 is 14.0 Å². The maximum atomic E-state index is 3.29. The van der Waals surface area contributed by atoms with E-state index in [0.717, 1.165) is 18.3 Å². The molecule has 0 fully saturated rings. The number of hydrogen-bond donors (Lipinski definition) is 0. The van der Waals surface area contributed by atoms with Crippen LogP contribution in [0.1, 0.15) is 100 Å². The third-order valence-corrected chi connectivity index (χ3v) is 4.26. The maximum Gasteiger partial charge on any atom is 3.00 e. The van der Waals surface area contributed by atoms with Crippen molar-refractivity contribution < 1.29 is 51.3 Å². The maximum absolute atomic E-state index is 3.29. The van der Waals surface area contributed by atoms with Gasteiger partial charge in [0.1, 0.15) is 0 Å². The Labute approximate surface area is 245 Å². The van der Waals surface area contributed by atoms with Gasteiger partial charge in [0, 0.05) is 8.41 Å². The van der Waals surface area contributed by atoms with Gasteiger partial charge in [-0.15, -0.1) is 18.9 Å². The smallest absolute Gasteiger partial charge is 0.358 e. The van der Waals surface area contributed by atoms with Gasteiger partial charge in [-0.3, -0.25) is 12.0 Å². The first-order valence-corrected chi connectivity index (χ1v) is 11.1. The Bertz CT molecular complexity index is 490. The molecule has 0 bridgehead atoms. The van der Waals surface area contributed by atoms with Crippen LogP contribution < -0.4 is 0 Å². The molecule has 0 saturated carbocycles. The van der Waals surface area contributed by atoms with Crippen LogP contribution in [0, 0.1) is 52.2 Å². The average Bonchev–Trinajstić information content (AvgIpc) is 3.22. The van der Waals surface area contributed by atoms with Gasteiger partial charge in [0.2, 0.25) is 0 Å². The Balaban J connectivity index is -0.0000000469. The molecule has 0 heterocycles. The van der Waals surface area contributed by atoms with E-state index in [1.807, 2.05) is 47.6 Å². The van der Waals surface area contributed by atoms with Crippen LogP contribution in [0.5, 0.6) is 0 Å². The molecule has 0 N–H and O–H groups in total. The minimum Gasteiger partial charge on any atom is -0.358 e. The second-order valence-electron chi connectivity index (χ2n) is 6.22. The van der Waals surface area contributed by atoms with E-state index in [-0.39, 0.29) is 74.5 Å². The summed E-state index contributed by atoms with van der Waals surface area (Å²) in [5.74, 6) is 1.77. The van der Waals surface area contributed by atoms with E-state index in [4.69, 9.17) is 0 Å². The molecule has 2 rings (SSSR count). The number of benzene rings is 1. The van der Waals surface area contributed by atoms with Crippen molar-refractivity contribution in [1.82, 2.24) is 0 Å². The summed E-state index contributed by atoms with van der Waals surface area (Å²) in [4.78, 5) is 0. The molecule has 1 unspecified atom stereocenters. The van der Waals surface area contributed by atoms with Crippen LogP contribution in [-0.4, -0.2) is 8.41 Å². The minimum atomic E-state index is 0. The first-order valence-electron chi connectivity index (χ1n) is 11.1. The third-order valence-electron chi connectivity index (χ3n) is 4.26. The largest absolute Gasteiger partial charge is 3.00 e. The normalized spacial score (nSPS) is 10.4. The summed E-state index contributed by atoms with van der Waals surface area (Å²) in [7, 11) is 0. The zero-order chi connectivity index (χ0) is 21.8. The predicted molar refractivity (Wildman–Crippen MR) is 146 cm³/mol. The number of hydrogen-bond acceptors (Lipinski definition) is 0. The standard InChI is InChI=1S/C14H13.C7H16.3C2H6.2CH3.B.V.Y/c1-3-12-6-9-14(10-12)13-7-4-11(2)5-8-13;1-5-7(4)6(2)3;3*1-2;;;;;/h3-7H,10H2,1-2H3;6-7H,5H2,1-4H3;3*1-2H3;2*1H3;;;/q-3;;;;;2*-1;;+2;+3. The molecule has 1 atom stereocenters. The molecular weight excluding hydrogens is 499 g/mol. The monoisotopic (exact) mass is 552 g/mol. The van der Waals surface area contributed by atoms with Gasteiger partial charge in [-0.25, -0.2) is 11.6 Å². The van der Waals surface area contributed by atoms with Crippen molar-refractivity contribution in [3.05, 3.63) is 74.4 Å². The van der Waals surface area contributed by atoms with Crippen LogP contribution in [-0.2, 0) is 51.3 Å². The average molecular weight is 552 g/mol. The van der Waals surface area contributed by atoms with Crippen molar-refractivity contribution in [3.63, 3.8) is 0 Å². The predicted octanol–water partition coefficient (Wildman–Crippen LogP) is 9.82. The Morgan fingerprint density at radius 1 is 0.969 bits per heavy atom. The zero-order valence-corrected chi connectivity index (χ0v) is 28.3. The quantitative estimate of drug-likeness (QED) is 0.258. The van der Waals surface area contributed by atoms with Crippen LogP contribution in [0.2, 0.25) is 0 Å². The van der Waals surface area contributed by atoms with Gasteiger partial charge >= 0.3 is 51.3 Å². The van der Waals surface area contributed by atoms with E-state index >= 15 is 0 Å². The molecule has 180 valence electrons. The SMILES string of the molecule is CC.CC.CC.CCC(C)C(C)C.C[CH-]C1=C[C-]=C(c2[c-]cc(C)cc2)C1.[B].[CH3-].[CH3-].[V+2].[Y+3]. The summed E-state index contributed by atoms with van der Waals surface area (Å²) in [6.07, 6.45) is 9.79. The van der Waals surface area contributed by atoms with Crippen LogP contribution in [0.3, 0.4) is 0 Å². The van der Waals surface area contributed by atoms with Crippen LogP contribution in [0.25, 0.3) is 5.57 Å². The van der Waals surface area contributed by atoms with Crippen molar-refractivity contribution in [3.8, 4) is 0 Å². The molecule has 1 aliphatic carbocycles. The van der Waals surface area contributed by atoms with Crippen LogP contribution in [0.4, 0.5) is 0 Å². The van der Waals surface area contributed by atoms with Crippen molar-refractivity contribution in [1.29, 1.82) is 0 Å². The van der Waals surface area contributed by atoms with Crippen LogP contribution in [0.15, 0.2) is 29.8 Å². The van der Waals surface area contributed by atoms with E-state index in [1.54, 1.807) is 0 Å². The second kappa shape index (κ2) is 38.6. The molecule has 0 saturated heterocycles. The fourth-order valence-corrected chi connectivity index (χ4v) is 2.01. The summed E-state index contributed by atoms with van der Waals surface area (Å²) in [6, 6.07) is 9.54. The molecule has 1 aromatic carbocycles. The Morgan fingerprint density at radius 3 is 1.69 bits per heavy atom. The van der Waals surface area contributed by atoms with Crippen LogP contribution >= 0.6 is 0 Å². The van der Waals surface area contributed by atoms with Gasteiger partial charge in [-0.05, 0) is 11.8 Å². The van der Waals surface area contributed by atoms with Gasteiger partial charge in [0.25, 0.3) is 0 Å². The molecule has 0 aliphatic heterocycles. The van der Waals surface area contributed by atoms with Gasteiger partial charge in [-0.1, -0.05) is 82.6 Å². The number of rotatable bonds is 4. The van der Waals surface area contributed by atoms with Gasteiger partial charge in [0.15, 0.2) is 0 Å². The molecule has 0 amide bonds. The second-order valence-corrected chi connectivity index (χ2v) is 6.22. The van der Waals surface area contributed by atoms with Gasteiger partial charge in [0.05, 0.1) is 0 Å². The van der Waals surface area contributed by atoms with Crippen molar-refractivity contribution in [2.45, 2.75) is 95.9 Å². The Kier molecular flexibility index (Phi) is 64.6. The van der Waals surface area contributed by atoms with Crippen molar-refractivity contribution in [2.75, 3.05) is 0 Å². The number of aryl methyl sites for hydroxylation is 1. The molecule has 1 aromatic rings. The molecule has 3 heteroatoms. The van der Waals surface area contributed by atoms with E-state index in [2.05, 4.69) is 78.3 Å². The summed E-state index contributed by atoms with van der Waals surface area (Å²) >= 11 is 0. The van der Waals surface area contributed by atoms with E-state index in [1.165, 1.54) is 28.7 Å². The third kappa shape index (κ3) is 26.6. The fourth-order valence-electron chi connectivity index (χ4n) is 2.01. The molecule has 0 spiro atoms. The summed E-state index contributed by atoms with van der Waals surface area (Å²) in [5, 5.41) is 0.